The van der Waals surface area contributed by atoms with Gasteiger partial charge in [0.1, 0.15) is 0 Å². The molecule has 1 nitrogen and oxygen atoms in total. The number of nitrogens with one attached hydrogen (secondary N) is 1. The largest absolute Gasteiger partial charge is 0.313 e. The van der Waals surface area contributed by atoms with Crippen LogP contribution in [0.4, 0.5) is 0 Å². The zero-order valence-corrected chi connectivity index (χ0v) is 10.8. The minimum atomic E-state index is 0.232. The van der Waals surface area contributed by atoms with E-state index < -0.39 is 0 Å². The number of benzene rings is 1. The van der Waals surface area contributed by atoms with Gasteiger partial charge in [-0.05, 0) is 43.0 Å². The Morgan fingerprint density at radius 3 is 2.27 bits per heavy atom. The highest BCUT2D eigenvalue weighted by Crippen LogP contribution is 2.27. The van der Waals surface area contributed by atoms with Gasteiger partial charge in [0.15, 0.2) is 0 Å². The molecular weight excluding hydrogens is 182 g/mol. The summed E-state index contributed by atoms with van der Waals surface area (Å²) >= 11 is 0. The van der Waals surface area contributed by atoms with E-state index in [0.717, 1.165) is 0 Å². The summed E-state index contributed by atoms with van der Waals surface area (Å²) in [6.45, 7) is 11.1. The molecule has 0 bridgehead atoms. The molecule has 0 aliphatic carbocycles. The van der Waals surface area contributed by atoms with E-state index in [0.29, 0.717) is 6.04 Å². The fourth-order valence-electron chi connectivity index (χ4n) is 1.73. The quantitative estimate of drug-likeness (QED) is 0.778. The molecule has 1 atom stereocenters. The average molecular weight is 205 g/mol. The van der Waals surface area contributed by atoms with Gasteiger partial charge in [-0.2, -0.15) is 0 Å². The van der Waals surface area contributed by atoms with Crippen LogP contribution in [0.15, 0.2) is 18.2 Å². The Balaban J connectivity index is 3.17. The van der Waals surface area contributed by atoms with Gasteiger partial charge in [-0.1, -0.05) is 39.0 Å². The van der Waals surface area contributed by atoms with Crippen LogP contribution in [-0.2, 0) is 5.41 Å². The van der Waals surface area contributed by atoms with E-state index in [1.807, 2.05) is 7.05 Å². The van der Waals surface area contributed by atoms with E-state index in [-0.39, 0.29) is 5.41 Å². The Morgan fingerprint density at radius 1 is 1.20 bits per heavy atom. The van der Waals surface area contributed by atoms with Crippen molar-refractivity contribution in [3.8, 4) is 0 Å². The molecule has 0 saturated carbocycles. The van der Waals surface area contributed by atoms with Gasteiger partial charge in [0.25, 0.3) is 0 Å². The highest BCUT2D eigenvalue weighted by molar-refractivity contribution is 5.36. The molecule has 0 aliphatic heterocycles. The highest BCUT2D eigenvalue weighted by Gasteiger charge is 2.16. The molecule has 84 valence electrons. The molecule has 1 N–H and O–H groups in total. The van der Waals surface area contributed by atoms with E-state index in [4.69, 9.17) is 0 Å². The van der Waals surface area contributed by atoms with Gasteiger partial charge < -0.3 is 5.32 Å². The molecule has 0 radical (unpaired) electrons. The van der Waals surface area contributed by atoms with Crippen molar-refractivity contribution in [1.29, 1.82) is 0 Å². The van der Waals surface area contributed by atoms with Gasteiger partial charge in [-0.25, -0.2) is 0 Å². The topological polar surface area (TPSA) is 12.0 Å². The highest BCUT2D eigenvalue weighted by atomic mass is 14.9. The summed E-state index contributed by atoms with van der Waals surface area (Å²) < 4.78 is 0. The van der Waals surface area contributed by atoms with Crippen LogP contribution in [0.1, 0.15) is 50.4 Å². The first-order valence-corrected chi connectivity index (χ1v) is 5.64. The van der Waals surface area contributed by atoms with Gasteiger partial charge in [0.05, 0.1) is 0 Å². The molecule has 0 aromatic heterocycles. The molecule has 0 fully saturated rings. The van der Waals surface area contributed by atoms with E-state index >= 15 is 0 Å². The number of rotatable bonds is 2. The Bertz CT molecular complexity index is 334. The second-order valence-corrected chi connectivity index (χ2v) is 5.33. The molecule has 1 rings (SSSR count). The molecular formula is C14H23N. The van der Waals surface area contributed by atoms with Crippen LogP contribution in [-0.4, -0.2) is 7.05 Å². The Kier molecular flexibility index (Phi) is 3.56. The van der Waals surface area contributed by atoms with E-state index in [2.05, 4.69) is 58.1 Å². The average Bonchev–Trinajstić information content (AvgIpc) is 2.15. The second-order valence-electron chi connectivity index (χ2n) is 5.33. The third-order valence-electron chi connectivity index (χ3n) is 3.04. The summed E-state index contributed by atoms with van der Waals surface area (Å²) in [7, 11) is 2.01. The minimum absolute atomic E-state index is 0.232. The molecule has 0 aliphatic rings. The molecule has 0 spiro atoms. The molecule has 1 heteroatoms. The first kappa shape index (κ1) is 12.3. The maximum Gasteiger partial charge on any atom is 0.0291 e. The van der Waals surface area contributed by atoms with Gasteiger partial charge in [0.2, 0.25) is 0 Å². The van der Waals surface area contributed by atoms with Crippen LogP contribution in [0.25, 0.3) is 0 Å². The summed E-state index contributed by atoms with van der Waals surface area (Å²) in [5, 5.41) is 3.30. The van der Waals surface area contributed by atoms with Crippen molar-refractivity contribution in [2.45, 2.75) is 46.1 Å². The molecule has 1 aromatic carbocycles. The van der Waals surface area contributed by atoms with Crippen molar-refractivity contribution in [1.82, 2.24) is 5.32 Å². The van der Waals surface area contributed by atoms with Crippen molar-refractivity contribution >= 4 is 0 Å². The zero-order valence-electron chi connectivity index (χ0n) is 10.8. The first-order valence-electron chi connectivity index (χ1n) is 5.64. The van der Waals surface area contributed by atoms with Crippen LogP contribution in [0.2, 0.25) is 0 Å². The monoisotopic (exact) mass is 205 g/mol. The molecule has 0 saturated heterocycles. The predicted molar refractivity (Wildman–Crippen MR) is 67.4 cm³/mol. The van der Waals surface area contributed by atoms with Gasteiger partial charge in [0, 0.05) is 6.04 Å². The summed E-state index contributed by atoms with van der Waals surface area (Å²) in [6, 6.07) is 7.22. The first-order chi connectivity index (χ1) is 6.86. The number of hydrogen-bond donors (Lipinski definition) is 1. The standard InChI is InChI=1S/C14H23N/c1-10-7-8-12(14(3,4)5)9-13(10)11(2)15-6/h7-9,11,15H,1-6H3. The van der Waals surface area contributed by atoms with Crippen molar-refractivity contribution in [3.05, 3.63) is 34.9 Å². The van der Waals surface area contributed by atoms with Crippen molar-refractivity contribution in [3.63, 3.8) is 0 Å². The third kappa shape index (κ3) is 2.82. The fraction of sp³-hybridized carbons (Fsp3) is 0.571. The number of aryl methyl sites for hydroxylation is 1. The molecule has 1 aromatic rings. The lowest BCUT2D eigenvalue weighted by Crippen LogP contribution is -2.16. The van der Waals surface area contributed by atoms with Crippen LogP contribution in [0.3, 0.4) is 0 Å². The van der Waals surface area contributed by atoms with Crippen LogP contribution >= 0.6 is 0 Å². The lowest BCUT2D eigenvalue weighted by Gasteiger charge is -2.22. The van der Waals surface area contributed by atoms with Crippen LogP contribution in [0, 0.1) is 6.92 Å². The predicted octanol–water partition coefficient (Wildman–Crippen LogP) is 3.57. The fourth-order valence-corrected chi connectivity index (χ4v) is 1.73. The Labute approximate surface area is 93.9 Å². The smallest absolute Gasteiger partial charge is 0.0291 e. The summed E-state index contributed by atoms with van der Waals surface area (Å²) in [5.74, 6) is 0. The Morgan fingerprint density at radius 2 is 1.80 bits per heavy atom. The molecule has 1 unspecified atom stereocenters. The van der Waals surface area contributed by atoms with Crippen LogP contribution < -0.4 is 5.32 Å². The lowest BCUT2D eigenvalue weighted by atomic mass is 9.84. The van der Waals surface area contributed by atoms with Crippen LogP contribution in [0.5, 0.6) is 0 Å². The Hall–Kier alpha value is -0.820. The van der Waals surface area contributed by atoms with E-state index in [1.54, 1.807) is 0 Å². The molecule has 15 heavy (non-hydrogen) atoms. The third-order valence-corrected chi connectivity index (χ3v) is 3.04. The second kappa shape index (κ2) is 4.36. The summed E-state index contributed by atoms with van der Waals surface area (Å²) in [6.07, 6.45) is 0. The number of hydrogen-bond acceptors (Lipinski definition) is 1. The van der Waals surface area contributed by atoms with Gasteiger partial charge in [-0.15, -0.1) is 0 Å². The van der Waals surface area contributed by atoms with E-state index in [1.165, 1.54) is 16.7 Å². The minimum Gasteiger partial charge on any atom is -0.313 e. The zero-order chi connectivity index (χ0) is 11.6. The molecule has 0 heterocycles. The van der Waals surface area contributed by atoms with Crippen molar-refractivity contribution < 1.29 is 0 Å². The lowest BCUT2D eigenvalue weighted by molar-refractivity contribution is 0.583. The maximum absolute atomic E-state index is 3.30. The summed E-state index contributed by atoms with van der Waals surface area (Å²) in [5.41, 5.74) is 4.41. The normalized spacial score (nSPS) is 14.0. The van der Waals surface area contributed by atoms with Crippen molar-refractivity contribution in [2.24, 2.45) is 0 Å². The van der Waals surface area contributed by atoms with Gasteiger partial charge in [-0.3, -0.25) is 0 Å². The van der Waals surface area contributed by atoms with Gasteiger partial charge >= 0.3 is 0 Å². The SMILES string of the molecule is CNC(C)c1cc(C(C)(C)C)ccc1C. The maximum atomic E-state index is 3.30. The summed E-state index contributed by atoms with van der Waals surface area (Å²) in [4.78, 5) is 0. The molecule has 0 amide bonds. The van der Waals surface area contributed by atoms with Crippen molar-refractivity contribution in [2.75, 3.05) is 7.05 Å². The van der Waals surface area contributed by atoms with E-state index in [9.17, 15) is 0 Å².